The van der Waals surface area contributed by atoms with Crippen LogP contribution in [-0.4, -0.2) is 25.7 Å². The number of rotatable bonds is 2. The first-order valence-electron chi connectivity index (χ1n) is 5.91. The quantitative estimate of drug-likeness (QED) is 0.786. The Balaban J connectivity index is 2.10. The average molecular weight is 288 g/mol. The maximum Gasteiger partial charge on any atom is 0.337 e. The van der Waals surface area contributed by atoms with Crippen molar-refractivity contribution in [3.63, 3.8) is 0 Å². The third-order valence-electron chi connectivity index (χ3n) is 2.97. The van der Waals surface area contributed by atoms with Gasteiger partial charge in [-0.25, -0.2) is 14.3 Å². The molecule has 0 saturated heterocycles. The molecule has 2 heterocycles. The van der Waals surface area contributed by atoms with Gasteiger partial charge in [-0.15, -0.1) is 0 Å². The molecule has 0 aliphatic heterocycles. The smallest absolute Gasteiger partial charge is 0.337 e. The number of carboxylic acids is 1. The van der Waals surface area contributed by atoms with E-state index in [2.05, 4.69) is 10.1 Å². The van der Waals surface area contributed by atoms with Crippen LogP contribution in [0.25, 0.3) is 16.8 Å². The highest BCUT2D eigenvalue weighted by Crippen LogP contribution is 2.26. The van der Waals surface area contributed by atoms with E-state index in [9.17, 15) is 4.79 Å². The van der Waals surface area contributed by atoms with Crippen molar-refractivity contribution >= 4 is 23.2 Å². The van der Waals surface area contributed by atoms with Crippen LogP contribution >= 0.6 is 11.6 Å². The van der Waals surface area contributed by atoms with E-state index in [-0.39, 0.29) is 10.6 Å². The third-order valence-corrected chi connectivity index (χ3v) is 3.28. The number of hydrogen-bond acceptors (Lipinski definition) is 3. The molecule has 0 spiro atoms. The first kappa shape index (κ1) is 12.6. The van der Waals surface area contributed by atoms with Crippen molar-refractivity contribution < 1.29 is 9.90 Å². The minimum Gasteiger partial charge on any atom is -0.478 e. The predicted molar refractivity (Wildman–Crippen MR) is 75.1 cm³/mol. The topological polar surface area (TPSA) is 67.5 Å². The number of carbonyl (C=O) groups is 1. The molecule has 1 aromatic carbocycles. The Morgan fingerprint density at radius 2 is 2.00 bits per heavy atom. The molecule has 0 amide bonds. The number of carboxylic acid groups (broad SMARTS) is 1. The summed E-state index contributed by atoms with van der Waals surface area (Å²) in [6.07, 6.45) is 1.83. The van der Waals surface area contributed by atoms with Gasteiger partial charge in [0.05, 0.1) is 10.6 Å². The van der Waals surface area contributed by atoms with Gasteiger partial charge in [0.1, 0.15) is 5.82 Å². The number of hydrogen-bond donors (Lipinski definition) is 1. The summed E-state index contributed by atoms with van der Waals surface area (Å²) in [7, 11) is 0. The second-order valence-corrected chi connectivity index (χ2v) is 4.79. The molecular formula is C14H10ClN3O2. The summed E-state index contributed by atoms with van der Waals surface area (Å²) in [4.78, 5) is 15.2. The summed E-state index contributed by atoms with van der Waals surface area (Å²) in [5.74, 6) is -0.342. The van der Waals surface area contributed by atoms with Gasteiger partial charge in [-0.2, -0.15) is 5.10 Å². The van der Waals surface area contributed by atoms with Crippen LogP contribution < -0.4 is 0 Å². The number of fused-ring (bicyclic) bond motifs is 1. The van der Waals surface area contributed by atoms with Gasteiger partial charge in [0, 0.05) is 11.8 Å². The summed E-state index contributed by atoms with van der Waals surface area (Å²) in [5, 5.41) is 13.4. The van der Waals surface area contributed by atoms with Crippen LogP contribution in [0, 0.1) is 6.92 Å². The van der Waals surface area contributed by atoms with E-state index in [1.165, 1.54) is 6.07 Å². The molecule has 20 heavy (non-hydrogen) atoms. The lowest BCUT2D eigenvalue weighted by molar-refractivity contribution is 0.0697. The fourth-order valence-corrected chi connectivity index (χ4v) is 2.29. The Morgan fingerprint density at radius 3 is 2.70 bits per heavy atom. The lowest BCUT2D eigenvalue weighted by atomic mass is 10.1. The molecule has 0 aliphatic rings. The minimum absolute atomic E-state index is 0.0908. The maximum absolute atomic E-state index is 10.9. The van der Waals surface area contributed by atoms with Crippen molar-refractivity contribution in [1.29, 1.82) is 0 Å². The monoisotopic (exact) mass is 287 g/mol. The molecule has 3 aromatic rings. The highest BCUT2D eigenvalue weighted by atomic mass is 35.5. The molecule has 0 unspecified atom stereocenters. The molecule has 3 rings (SSSR count). The Kier molecular flexibility index (Phi) is 2.91. The second kappa shape index (κ2) is 4.61. The zero-order valence-corrected chi connectivity index (χ0v) is 11.3. The van der Waals surface area contributed by atoms with Crippen LogP contribution in [0.4, 0.5) is 0 Å². The van der Waals surface area contributed by atoms with Crippen LogP contribution in [0.5, 0.6) is 0 Å². The molecule has 0 aliphatic carbocycles. The van der Waals surface area contributed by atoms with Gasteiger partial charge in [0.15, 0.2) is 5.65 Å². The molecule has 0 bridgehead atoms. The van der Waals surface area contributed by atoms with Gasteiger partial charge in [-0.1, -0.05) is 17.7 Å². The number of halogens is 1. The third kappa shape index (κ3) is 2.12. The number of benzene rings is 1. The first-order chi connectivity index (χ1) is 9.54. The van der Waals surface area contributed by atoms with Crippen molar-refractivity contribution in [1.82, 2.24) is 14.6 Å². The molecule has 0 fully saturated rings. The average Bonchev–Trinajstić information content (AvgIpc) is 2.77. The van der Waals surface area contributed by atoms with E-state index in [0.29, 0.717) is 5.82 Å². The predicted octanol–water partition coefficient (Wildman–Crippen LogP) is 3.06. The number of nitrogens with zero attached hydrogens (tertiary/aromatic N) is 3. The number of aromatic nitrogens is 3. The second-order valence-electron chi connectivity index (χ2n) is 4.38. The molecule has 0 radical (unpaired) electrons. The Morgan fingerprint density at radius 1 is 1.25 bits per heavy atom. The SMILES string of the molecule is Cc1nc2ccc(-c3ccc(C(=O)O)c(Cl)c3)cn2n1. The normalized spacial score (nSPS) is 10.9. The molecule has 1 N–H and O–H groups in total. The van der Waals surface area contributed by atoms with E-state index < -0.39 is 5.97 Å². The van der Waals surface area contributed by atoms with Gasteiger partial charge in [-0.05, 0) is 36.8 Å². The van der Waals surface area contributed by atoms with Gasteiger partial charge < -0.3 is 5.11 Å². The van der Waals surface area contributed by atoms with Gasteiger partial charge in [-0.3, -0.25) is 0 Å². The summed E-state index contributed by atoms with van der Waals surface area (Å²) < 4.78 is 1.68. The van der Waals surface area contributed by atoms with E-state index in [4.69, 9.17) is 16.7 Å². The fourth-order valence-electron chi connectivity index (χ4n) is 2.03. The van der Waals surface area contributed by atoms with Crippen molar-refractivity contribution in [2.24, 2.45) is 0 Å². The van der Waals surface area contributed by atoms with Crippen LogP contribution in [0.2, 0.25) is 5.02 Å². The lowest BCUT2D eigenvalue weighted by Gasteiger charge is -2.05. The number of aromatic carboxylic acids is 1. The van der Waals surface area contributed by atoms with Crippen LogP contribution in [0.1, 0.15) is 16.2 Å². The minimum atomic E-state index is -1.04. The van der Waals surface area contributed by atoms with Crippen molar-refractivity contribution in [2.75, 3.05) is 0 Å². The molecule has 0 atom stereocenters. The van der Waals surface area contributed by atoms with Gasteiger partial charge >= 0.3 is 5.97 Å². The highest BCUT2D eigenvalue weighted by Gasteiger charge is 2.10. The first-order valence-corrected chi connectivity index (χ1v) is 6.28. The van der Waals surface area contributed by atoms with Gasteiger partial charge in [0.25, 0.3) is 0 Å². The van der Waals surface area contributed by atoms with Crippen LogP contribution in [0.3, 0.4) is 0 Å². The van der Waals surface area contributed by atoms with Crippen molar-refractivity contribution in [2.45, 2.75) is 6.92 Å². The van der Waals surface area contributed by atoms with Crippen LogP contribution in [-0.2, 0) is 0 Å². The summed E-state index contributed by atoms with van der Waals surface area (Å²) in [6.45, 7) is 1.82. The number of pyridine rings is 1. The van der Waals surface area contributed by atoms with E-state index in [1.807, 2.05) is 25.3 Å². The molecule has 0 saturated carbocycles. The van der Waals surface area contributed by atoms with Crippen molar-refractivity contribution in [3.8, 4) is 11.1 Å². The Labute approximate surface area is 119 Å². The summed E-state index contributed by atoms with van der Waals surface area (Å²) >= 11 is 5.98. The van der Waals surface area contributed by atoms with Crippen molar-refractivity contribution in [3.05, 3.63) is 52.9 Å². The summed E-state index contributed by atoms with van der Waals surface area (Å²) in [5.41, 5.74) is 2.57. The highest BCUT2D eigenvalue weighted by molar-refractivity contribution is 6.33. The molecule has 100 valence electrons. The largest absolute Gasteiger partial charge is 0.478 e. The Bertz CT molecular complexity index is 826. The lowest BCUT2D eigenvalue weighted by Crippen LogP contribution is -1.97. The molecule has 6 heteroatoms. The van der Waals surface area contributed by atoms with E-state index in [1.54, 1.807) is 16.6 Å². The van der Waals surface area contributed by atoms with E-state index >= 15 is 0 Å². The zero-order chi connectivity index (χ0) is 14.3. The number of aryl methyl sites for hydroxylation is 1. The Hall–Kier alpha value is -2.40. The standard InChI is InChI=1S/C14H10ClN3O2/c1-8-16-13-5-3-10(7-18(13)17-8)9-2-4-11(14(19)20)12(15)6-9/h2-7H,1H3,(H,19,20). The molecular weight excluding hydrogens is 278 g/mol. The zero-order valence-electron chi connectivity index (χ0n) is 10.5. The molecule has 2 aromatic heterocycles. The molecule has 5 nitrogen and oxygen atoms in total. The fraction of sp³-hybridized carbons (Fsp3) is 0.0714. The van der Waals surface area contributed by atoms with E-state index in [0.717, 1.165) is 16.8 Å². The maximum atomic E-state index is 10.9. The van der Waals surface area contributed by atoms with Gasteiger partial charge in [0.2, 0.25) is 0 Å². The van der Waals surface area contributed by atoms with Crippen LogP contribution in [0.15, 0.2) is 36.5 Å². The summed E-state index contributed by atoms with van der Waals surface area (Å²) in [6, 6.07) is 8.61.